The number of alkyl halides is 3. The quantitative estimate of drug-likeness (QED) is 0.647. The van der Waals surface area contributed by atoms with E-state index in [1.54, 1.807) is 37.1 Å². The van der Waals surface area contributed by atoms with Crippen LogP contribution in [0.3, 0.4) is 0 Å². The van der Waals surface area contributed by atoms with Crippen LogP contribution >= 0.6 is 23.2 Å². The van der Waals surface area contributed by atoms with Crippen molar-refractivity contribution in [2.24, 2.45) is 0 Å². The molecule has 2 aromatic rings. The number of aromatic nitrogens is 2. The lowest BCUT2D eigenvalue weighted by Gasteiger charge is -2.34. The fraction of sp³-hybridized carbons (Fsp3) is 0.429. The van der Waals surface area contributed by atoms with Gasteiger partial charge in [-0.1, -0.05) is 35.3 Å². The van der Waals surface area contributed by atoms with Gasteiger partial charge in [0.05, 0.1) is 28.3 Å². The zero-order valence-electron chi connectivity index (χ0n) is 17.3. The normalized spacial score (nSPS) is 21.0. The maximum absolute atomic E-state index is 13.7. The topological polar surface area (TPSA) is 59.4 Å². The Kier molecular flexibility index (Phi) is 6.17. The van der Waals surface area contributed by atoms with Crippen molar-refractivity contribution in [3.63, 3.8) is 0 Å². The zero-order chi connectivity index (χ0) is 23.2. The third-order valence-electron chi connectivity index (χ3n) is 5.77. The molecule has 6 nitrogen and oxygen atoms in total. The van der Waals surface area contributed by atoms with E-state index in [0.717, 1.165) is 23.6 Å². The van der Waals surface area contributed by atoms with Gasteiger partial charge >= 0.3 is 6.18 Å². The van der Waals surface area contributed by atoms with Crippen LogP contribution in [0.4, 0.5) is 19.0 Å². The maximum Gasteiger partial charge on any atom is 0.435 e. The number of benzene rings is 1. The molecule has 1 aromatic heterocycles. The van der Waals surface area contributed by atoms with Crippen molar-refractivity contribution in [1.82, 2.24) is 14.7 Å². The van der Waals surface area contributed by atoms with E-state index >= 15 is 0 Å². The Morgan fingerprint density at radius 3 is 2.78 bits per heavy atom. The number of likely N-dealkylation sites (tertiary alicyclic amines) is 1. The number of amides is 1. The monoisotopic (exact) mass is 488 g/mol. The van der Waals surface area contributed by atoms with Gasteiger partial charge in [0, 0.05) is 31.0 Å². The molecule has 0 aliphatic carbocycles. The van der Waals surface area contributed by atoms with E-state index < -0.39 is 17.9 Å². The molecule has 1 unspecified atom stereocenters. The first kappa shape index (κ1) is 22.9. The van der Waals surface area contributed by atoms with Gasteiger partial charge in [-0.25, -0.2) is 4.68 Å². The average molecular weight is 489 g/mol. The number of nitrogens with one attached hydrogen (secondary N) is 1. The fourth-order valence-electron chi connectivity index (χ4n) is 4.33. The molecule has 2 atom stereocenters. The number of hydrogen-bond acceptors (Lipinski definition) is 4. The summed E-state index contributed by atoms with van der Waals surface area (Å²) in [5.41, 5.74) is 0.0220. The number of carbonyl (C=O) groups is 1. The van der Waals surface area contributed by atoms with Gasteiger partial charge in [0.1, 0.15) is 11.9 Å². The number of rotatable bonds is 4. The second-order valence-corrected chi connectivity index (χ2v) is 8.60. The SMILES string of the molecule is COC[C@@H]1CCCN1C(=O)C1=C(C)Nc2cc(C(F)(F)F)nn2C1c1cccc(Cl)c1Cl. The van der Waals surface area contributed by atoms with Crippen LogP contribution in [-0.2, 0) is 15.7 Å². The van der Waals surface area contributed by atoms with E-state index in [4.69, 9.17) is 27.9 Å². The zero-order valence-corrected chi connectivity index (χ0v) is 18.9. The smallest absolute Gasteiger partial charge is 0.383 e. The van der Waals surface area contributed by atoms with Gasteiger partial charge in [0.15, 0.2) is 5.69 Å². The summed E-state index contributed by atoms with van der Waals surface area (Å²) in [6, 6.07) is 4.67. The number of allylic oxidation sites excluding steroid dienone is 1. The van der Waals surface area contributed by atoms with E-state index in [2.05, 4.69) is 10.4 Å². The predicted octanol–water partition coefficient (Wildman–Crippen LogP) is 5.14. The van der Waals surface area contributed by atoms with Crippen LogP contribution < -0.4 is 5.32 Å². The molecule has 1 amide bonds. The Labute approximate surface area is 192 Å². The number of nitrogens with zero attached hydrogens (tertiary/aromatic N) is 3. The van der Waals surface area contributed by atoms with Gasteiger partial charge < -0.3 is 15.0 Å². The minimum absolute atomic E-state index is 0.113. The summed E-state index contributed by atoms with van der Waals surface area (Å²) in [4.78, 5) is 15.4. The summed E-state index contributed by atoms with van der Waals surface area (Å²) in [5, 5.41) is 7.10. The lowest BCUT2D eigenvalue weighted by molar-refractivity contribution is -0.141. The van der Waals surface area contributed by atoms with Crippen LogP contribution in [0.2, 0.25) is 10.0 Å². The second kappa shape index (κ2) is 8.61. The van der Waals surface area contributed by atoms with Gasteiger partial charge in [0.2, 0.25) is 0 Å². The molecule has 32 heavy (non-hydrogen) atoms. The van der Waals surface area contributed by atoms with Crippen LogP contribution in [0.1, 0.15) is 37.1 Å². The number of fused-ring (bicyclic) bond motifs is 1. The average Bonchev–Trinajstić information content (AvgIpc) is 3.36. The molecule has 1 aromatic carbocycles. The third-order valence-corrected chi connectivity index (χ3v) is 6.60. The van der Waals surface area contributed by atoms with Crippen LogP contribution in [-0.4, -0.2) is 46.9 Å². The predicted molar refractivity (Wildman–Crippen MR) is 115 cm³/mol. The molecule has 0 radical (unpaired) electrons. The summed E-state index contributed by atoms with van der Waals surface area (Å²) in [6.07, 6.45) is -3.05. The lowest BCUT2D eigenvalue weighted by Crippen LogP contribution is -2.42. The Hall–Kier alpha value is -2.23. The Morgan fingerprint density at radius 1 is 1.34 bits per heavy atom. The van der Waals surface area contributed by atoms with Crippen LogP contribution in [0.15, 0.2) is 35.5 Å². The standard InChI is InChI=1S/C21H21Cl2F3N4O2/c1-11-17(20(31)29-8-4-5-12(29)10-32-2)19(13-6-3-7-14(22)18(13)23)30-16(27-11)9-15(28-30)21(24,25)26/h3,6-7,9,12,19,27H,4-5,8,10H2,1-2H3/t12-,19?/m0/s1. The lowest BCUT2D eigenvalue weighted by atomic mass is 9.94. The van der Waals surface area contributed by atoms with Gasteiger partial charge in [-0.3, -0.25) is 4.79 Å². The van der Waals surface area contributed by atoms with Crippen molar-refractivity contribution in [2.75, 3.05) is 25.6 Å². The Balaban J connectivity index is 1.87. The molecular weight excluding hydrogens is 468 g/mol. The summed E-state index contributed by atoms with van der Waals surface area (Å²) >= 11 is 12.7. The van der Waals surface area contributed by atoms with Crippen molar-refractivity contribution in [3.05, 3.63) is 56.8 Å². The first-order valence-electron chi connectivity index (χ1n) is 10.0. The highest BCUT2D eigenvalue weighted by molar-refractivity contribution is 6.42. The summed E-state index contributed by atoms with van der Waals surface area (Å²) in [7, 11) is 1.57. The van der Waals surface area contributed by atoms with Crippen molar-refractivity contribution >= 4 is 34.9 Å². The van der Waals surface area contributed by atoms with E-state index in [0.29, 0.717) is 24.4 Å². The van der Waals surface area contributed by atoms with Crippen LogP contribution in [0.5, 0.6) is 0 Å². The number of anilines is 1. The highest BCUT2D eigenvalue weighted by Crippen LogP contribution is 2.43. The van der Waals surface area contributed by atoms with Gasteiger partial charge in [-0.05, 0) is 25.8 Å². The Morgan fingerprint density at radius 2 is 2.09 bits per heavy atom. The summed E-state index contributed by atoms with van der Waals surface area (Å²) in [6.45, 7) is 2.56. The molecule has 1 fully saturated rings. The minimum Gasteiger partial charge on any atom is -0.383 e. The molecule has 2 aliphatic heterocycles. The van der Waals surface area contributed by atoms with Gasteiger partial charge in [0.25, 0.3) is 5.91 Å². The molecule has 4 rings (SSSR count). The molecular formula is C21H21Cl2F3N4O2. The molecule has 172 valence electrons. The summed E-state index contributed by atoms with van der Waals surface area (Å²) in [5.74, 6) is -0.187. The molecule has 11 heteroatoms. The van der Waals surface area contributed by atoms with E-state index in [-0.39, 0.29) is 33.4 Å². The molecule has 0 spiro atoms. The first-order valence-corrected chi connectivity index (χ1v) is 10.8. The molecule has 0 bridgehead atoms. The van der Waals surface area contributed by atoms with E-state index in [9.17, 15) is 18.0 Å². The van der Waals surface area contributed by atoms with Crippen molar-refractivity contribution in [2.45, 2.75) is 38.0 Å². The highest BCUT2D eigenvalue weighted by Gasteiger charge is 2.42. The molecule has 1 N–H and O–H groups in total. The van der Waals surface area contributed by atoms with Crippen LogP contribution in [0, 0.1) is 0 Å². The van der Waals surface area contributed by atoms with Crippen molar-refractivity contribution in [3.8, 4) is 0 Å². The van der Waals surface area contributed by atoms with E-state index in [1.165, 1.54) is 0 Å². The molecule has 3 heterocycles. The van der Waals surface area contributed by atoms with Crippen molar-refractivity contribution in [1.29, 1.82) is 0 Å². The molecule has 0 saturated carbocycles. The number of halogens is 5. The number of ether oxygens (including phenoxy) is 1. The Bertz CT molecular complexity index is 1080. The van der Waals surface area contributed by atoms with Gasteiger partial charge in [-0.2, -0.15) is 18.3 Å². The van der Waals surface area contributed by atoms with E-state index in [1.807, 2.05) is 0 Å². The molecule has 2 aliphatic rings. The number of hydrogen-bond donors (Lipinski definition) is 1. The number of methoxy groups -OCH3 is 1. The third kappa shape index (κ3) is 3.97. The fourth-order valence-corrected chi connectivity index (χ4v) is 4.74. The maximum atomic E-state index is 13.7. The first-order chi connectivity index (χ1) is 15.1. The molecule has 1 saturated heterocycles. The van der Waals surface area contributed by atoms with Crippen molar-refractivity contribution < 1.29 is 22.7 Å². The second-order valence-electron chi connectivity index (χ2n) is 7.82. The number of carbonyl (C=O) groups excluding carboxylic acids is 1. The highest BCUT2D eigenvalue weighted by atomic mass is 35.5. The van der Waals surface area contributed by atoms with Crippen LogP contribution in [0.25, 0.3) is 0 Å². The minimum atomic E-state index is -4.65. The van der Waals surface area contributed by atoms with Gasteiger partial charge in [-0.15, -0.1) is 0 Å². The summed E-state index contributed by atoms with van der Waals surface area (Å²) < 4.78 is 46.7. The largest absolute Gasteiger partial charge is 0.435 e.